The molecule has 0 saturated carbocycles. The van der Waals surface area contributed by atoms with Gasteiger partial charge in [0.15, 0.2) is 0 Å². The molecule has 2 N–H and O–H groups in total. The van der Waals surface area contributed by atoms with E-state index < -0.39 is 0 Å². The highest BCUT2D eigenvalue weighted by molar-refractivity contribution is 9.10. The van der Waals surface area contributed by atoms with Crippen molar-refractivity contribution in [1.29, 1.82) is 0 Å². The van der Waals surface area contributed by atoms with E-state index in [9.17, 15) is 4.79 Å². The highest BCUT2D eigenvalue weighted by Crippen LogP contribution is 2.49. The summed E-state index contributed by atoms with van der Waals surface area (Å²) in [5.41, 5.74) is 5.01. The van der Waals surface area contributed by atoms with Crippen molar-refractivity contribution in [2.75, 3.05) is 13.1 Å². The van der Waals surface area contributed by atoms with Gasteiger partial charge in [0, 0.05) is 29.0 Å². The molecule has 1 aliphatic carbocycles. The number of benzene rings is 1. The average molecular weight is 444 g/mol. The highest BCUT2D eigenvalue weighted by atomic mass is 79.9. The zero-order valence-electron chi connectivity index (χ0n) is 17.2. The fraction of sp³-hybridized carbons (Fsp3) is 0.522. The second-order valence-corrected chi connectivity index (χ2v) is 9.34. The topological polar surface area (TPSA) is 48.1 Å². The van der Waals surface area contributed by atoms with Crippen LogP contribution in [0.1, 0.15) is 51.7 Å². The molecule has 1 unspecified atom stereocenters. The van der Waals surface area contributed by atoms with Gasteiger partial charge in [-0.2, -0.15) is 0 Å². The number of amides is 1. The number of halogens is 1. The van der Waals surface area contributed by atoms with Gasteiger partial charge in [0.2, 0.25) is 5.91 Å². The van der Waals surface area contributed by atoms with Crippen LogP contribution in [0.5, 0.6) is 0 Å². The summed E-state index contributed by atoms with van der Waals surface area (Å²) in [5.74, 6) is 0.0426. The summed E-state index contributed by atoms with van der Waals surface area (Å²) >= 11 is 3.75. The Morgan fingerprint density at radius 1 is 1.43 bits per heavy atom. The molecule has 150 valence electrons. The lowest BCUT2D eigenvalue weighted by molar-refractivity contribution is -0.125. The van der Waals surface area contributed by atoms with Crippen LogP contribution in [0.4, 0.5) is 0 Å². The summed E-state index contributed by atoms with van der Waals surface area (Å²) in [5, 5.41) is 4.50. The summed E-state index contributed by atoms with van der Waals surface area (Å²) in [6.45, 7) is 10.5. The highest BCUT2D eigenvalue weighted by Gasteiger charge is 2.45. The zero-order chi connectivity index (χ0) is 20.1. The Bertz CT molecular complexity index is 947. The first-order chi connectivity index (χ1) is 13.4. The minimum atomic E-state index is -0.109. The molecule has 2 aromatic rings. The van der Waals surface area contributed by atoms with Crippen LogP contribution in [0.25, 0.3) is 16.5 Å². The zero-order valence-corrected chi connectivity index (χ0v) is 18.8. The Morgan fingerprint density at radius 3 is 2.93 bits per heavy atom. The van der Waals surface area contributed by atoms with Gasteiger partial charge in [-0.25, -0.2) is 0 Å². The third-order valence-corrected chi connectivity index (χ3v) is 7.26. The van der Waals surface area contributed by atoms with E-state index in [0.29, 0.717) is 0 Å². The monoisotopic (exact) mass is 443 g/mol. The Hall–Kier alpha value is -1.59. The molecule has 1 amide bonds. The molecule has 1 aromatic carbocycles. The number of carbonyl (C=O) groups is 1. The first-order valence-corrected chi connectivity index (χ1v) is 11.3. The number of hydrogen-bond acceptors (Lipinski definition) is 2. The number of aromatic nitrogens is 1. The van der Waals surface area contributed by atoms with E-state index >= 15 is 0 Å². The van der Waals surface area contributed by atoms with Gasteiger partial charge >= 0.3 is 0 Å². The minimum Gasteiger partial charge on any atom is -0.353 e. The van der Waals surface area contributed by atoms with E-state index in [1.165, 1.54) is 22.1 Å². The van der Waals surface area contributed by atoms with Crippen molar-refractivity contribution >= 4 is 38.3 Å². The number of aromatic amines is 1. The van der Waals surface area contributed by atoms with E-state index in [4.69, 9.17) is 0 Å². The number of hydrogen-bond donors (Lipinski definition) is 2. The summed E-state index contributed by atoms with van der Waals surface area (Å²) in [4.78, 5) is 19.0. The molecule has 0 spiro atoms. The molecule has 0 radical (unpaired) electrons. The average Bonchev–Trinajstić information content (AvgIpc) is 2.98. The van der Waals surface area contributed by atoms with E-state index in [1.807, 2.05) is 0 Å². The Labute approximate surface area is 175 Å². The number of nitrogens with zero attached hydrogens (tertiary/aromatic N) is 1. The Balaban J connectivity index is 1.84. The van der Waals surface area contributed by atoms with Crippen molar-refractivity contribution < 1.29 is 4.79 Å². The molecule has 2 heterocycles. The van der Waals surface area contributed by atoms with Crippen molar-refractivity contribution in [3.05, 3.63) is 40.0 Å². The Kier molecular flexibility index (Phi) is 5.17. The number of nitrogens with one attached hydrogen (secondary N) is 2. The van der Waals surface area contributed by atoms with E-state index in [-0.39, 0.29) is 23.4 Å². The van der Waals surface area contributed by atoms with Gasteiger partial charge in [-0.05, 0) is 78.4 Å². The van der Waals surface area contributed by atoms with Gasteiger partial charge < -0.3 is 10.3 Å². The molecule has 0 saturated heterocycles. The molecular weight excluding hydrogens is 414 g/mol. The molecule has 5 heteroatoms. The third-order valence-electron chi connectivity index (χ3n) is 6.58. The third kappa shape index (κ3) is 3.03. The van der Waals surface area contributed by atoms with Crippen molar-refractivity contribution in [2.24, 2.45) is 5.92 Å². The van der Waals surface area contributed by atoms with Gasteiger partial charge in [0.1, 0.15) is 0 Å². The van der Waals surface area contributed by atoms with E-state index in [0.717, 1.165) is 42.5 Å². The fourth-order valence-electron chi connectivity index (χ4n) is 4.87. The van der Waals surface area contributed by atoms with Crippen LogP contribution in [-0.4, -0.2) is 40.5 Å². The largest absolute Gasteiger partial charge is 0.353 e. The molecule has 0 fully saturated rings. The van der Waals surface area contributed by atoms with Crippen LogP contribution in [-0.2, 0) is 11.2 Å². The summed E-state index contributed by atoms with van der Waals surface area (Å²) in [6, 6.07) is 6.68. The summed E-state index contributed by atoms with van der Waals surface area (Å²) < 4.78 is 1.09. The van der Waals surface area contributed by atoms with Crippen molar-refractivity contribution in [1.82, 2.24) is 15.2 Å². The van der Waals surface area contributed by atoms with Gasteiger partial charge in [-0.3, -0.25) is 9.69 Å². The van der Waals surface area contributed by atoms with Crippen LogP contribution < -0.4 is 5.32 Å². The number of carbonyl (C=O) groups excluding carboxylic acids is 1. The van der Waals surface area contributed by atoms with Gasteiger partial charge in [-0.1, -0.05) is 32.1 Å². The maximum atomic E-state index is 13.0. The quantitative estimate of drug-likeness (QED) is 0.690. The summed E-state index contributed by atoms with van der Waals surface area (Å²) in [6.07, 6.45) is 5.23. The van der Waals surface area contributed by atoms with Gasteiger partial charge in [-0.15, -0.1) is 0 Å². The number of rotatable bonds is 5. The van der Waals surface area contributed by atoms with Crippen LogP contribution in [0, 0.1) is 5.92 Å². The normalized spacial score (nSPS) is 25.3. The van der Waals surface area contributed by atoms with Gasteiger partial charge in [0.05, 0.1) is 10.5 Å². The second-order valence-electron chi connectivity index (χ2n) is 8.55. The predicted octanol–water partition coefficient (Wildman–Crippen LogP) is 4.89. The van der Waals surface area contributed by atoms with Crippen LogP contribution >= 0.6 is 15.9 Å². The van der Waals surface area contributed by atoms with Crippen LogP contribution in [0.15, 0.2) is 28.9 Å². The number of fused-ring (bicyclic) bond motifs is 2. The molecule has 4 nitrogen and oxygen atoms in total. The van der Waals surface area contributed by atoms with Crippen LogP contribution in [0.3, 0.4) is 0 Å². The van der Waals surface area contributed by atoms with Crippen LogP contribution in [0.2, 0.25) is 0 Å². The lowest BCUT2D eigenvalue weighted by Crippen LogP contribution is -2.56. The van der Waals surface area contributed by atoms with Gasteiger partial charge in [0.25, 0.3) is 0 Å². The minimum absolute atomic E-state index is 0.0881. The van der Waals surface area contributed by atoms with Crippen molar-refractivity contribution in [2.45, 2.75) is 58.5 Å². The molecular formula is C23H30BrN3O. The second kappa shape index (κ2) is 7.34. The molecule has 28 heavy (non-hydrogen) atoms. The standard InChI is InChI=1S/C23H30BrN3O/c1-5-10-27-13-15(22(28)25-14(3)6-2)11-18-16-8-7-9-19-20(16)17(21(24)26-19)12-23(18,27)4/h7-9,11,14-15,26H,5-6,10,12-13H2,1-4H3,(H,25,28)/t14-,15-,23?/m1/s1. The molecule has 0 bridgehead atoms. The smallest absolute Gasteiger partial charge is 0.228 e. The lowest BCUT2D eigenvalue weighted by Gasteiger charge is -2.50. The lowest BCUT2D eigenvalue weighted by atomic mass is 9.71. The predicted molar refractivity (Wildman–Crippen MR) is 119 cm³/mol. The van der Waals surface area contributed by atoms with E-state index in [2.05, 4.69) is 83.1 Å². The van der Waals surface area contributed by atoms with E-state index in [1.54, 1.807) is 0 Å². The fourth-order valence-corrected chi connectivity index (χ4v) is 5.42. The SMILES string of the molecule is CCCN1C[C@H](C(=O)N[C@H](C)CC)C=C2c3cccc4[nH]c(Br)c(c34)CC21C. The maximum Gasteiger partial charge on any atom is 0.228 e. The molecule has 1 aliphatic heterocycles. The number of H-pyrrole nitrogens is 1. The van der Waals surface area contributed by atoms with Crippen molar-refractivity contribution in [3.63, 3.8) is 0 Å². The van der Waals surface area contributed by atoms with Crippen molar-refractivity contribution in [3.8, 4) is 0 Å². The maximum absolute atomic E-state index is 13.0. The molecule has 2 aliphatic rings. The first kappa shape index (κ1) is 19.7. The molecule has 4 rings (SSSR count). The summed E-state index contributed by atoms with van der Waals surface area (Å²) in [7, 11) is 0. The molecule has 3 atom stereocenters. The first-order valence-electron chi connectivity index (χ1n) is 10.5. The molecule has 1 aromatic heterocycles. The Morgan fingerprint density at radius 2 is 2.21 bits per heavy atom.